The van der Waals surface area contributed by atoms with Crippen molar-refractivity contribution in [1.82, 2.24) is 10.2 Å². The molecule has 178 valence electrons. The van der Waals surface area contributed by atoms with E-state index in [0.29, 0.717) is 38.9 Å². The lowest BCUT2D eigenvalue weighted by molar-refractivity contribution is -0.187. The molecule has 31 heavy (non-hydrogen) atoms. The highest BCUT2D eigenvalue weighted by Crippen LogP contribution is 2.61. The van der Waals surface area contributed by atoms with Gasteiger partial charge in [-0.05, 0) is 55.8 Å². The Hall–Kier alpha value is -1.38. The van der Waals surface area contributed by atoms with E-state index in [9.17, 15) is 24.9 Å². The zero-order valence-electron chi connectivity index (χ0n) is 19.2. The van der Waals surface area contributed by atoms with Crippen LogP contribution in [-0.2, 0) is 9.53 Å². The number of alkyl carbamates (subject to hydrolysis) is 1. The Morgan fingerprint density at radius 3 is 2.52 bits per heavy atom. The van der Waals surface area contributed by atoms with Gasteiger partial charge in [0.1, 0.15) is 6.10 Å². The van der Waals surface area contributed by atoms with Gasteiger partial charge in [-0.15, -0.1) is 0 Å². The quantitative estimate of drug-likeness (QED) is 0.499. The van der Waals surface area contributed by atoms with Crippen LogP contribution in [0.4, 0.5) is 4.79 Å². The molecule has 0 spiro atoms. The molecule has 1 heterocycles. The van der Waals surface area contributed by atoms with E-state index in [1.807, 2.05) is 13.8 Å². The molecule has 3 rings (SSSR count). The zero-order valence-corrected chi connectivity index (χ0v) is 19.2. The Kier molecular flexibility index (Phi) is 7.54. The van der Waals surface area contributed by atoms with Gasteiger partial charge in [0.25, 0.3) is 0 Å². The highest BCUT2D eigenvalue weighted by molar-refractivity contribution is 5.77. The number of β-amino-alcohol motifs (C(OH)–C–C–N with tert-alkyl or cyclic N) is 1. The summed E-state index contributed by atoms with van der Waals surface area (Å²) in [5.41, 5.74) is -0.981. The van der Waals surface area contributed by atoms with E-state index >= 15 is 0 Å². The Labute approximate surface area is 185 Å². The summed E-state index contributed by atoms with van der Waals surface area (Å²) in [5.74, 6) is -0.226. The second-order valence-electron chi connectivity index (χ2n) is 10.3. The van der Waals surface area contributed by atoms with E-state index in [0.717, 1.165) is 19.3 Å². The van der Waals surface area contributed by atoms with Crippen molar-refractivity contribution in [3.8, 4) is 0 Å². The Morgan fingerprint density at radius 1 is 1.16 bits per heavy atom. The molecule has 1 aliphatic heterocycles. The molecule has 2 saturated carbocycles. The summed E-state index contributed by atoms with van der Waals surface area (Å²) >= 11 is 0. The number of fused-ring (bicyclic) bond motifs is 1. The standard InChI is InChI=1S/C23H40N2O6/c1-4-10-24-21(30)31-19-7-9-22(2)16(12-20(29)25-11-8-15(27)13-25)17(28)5-6-18(22)23(19,3)14-26/h15-19,26-28H,4-14H2,1-3H3,(H,24,30). The second-order valence-corrected chi connectivity index (χ2v) is 10.3. The van der Waals surface area contributed by atoms with E-state index in [1.165, 1.54) is 0 Å². The predicted octanol–water partition coefficient (Wildman–Crippen LogP) is 1.66. The van der Waals surface area contributed by atoms with Gasteiger partial charge >= 0.3 is 6.09 Å². The first-order chi connectivity index (χ1) is 14.7. The third-order valence-electron chi connectivity index (χ3n) is 8.36. The summed E-state index contributed by atoms with van der Waals surface area (Å²) in [6.07, 6.45) is 2.34. The minimum atomic E-state index is -0.637. The van der Waals surface area contributed by atoms with Crippen LogP contribution in [0.15, 0.2) is 0 Å². The highest BCUT2D eigenvalue weighted by atomic mass is 16.6. The summed E-state index contributed by atoms with van der Waals surface area (Å²) in [6, 6.07) is 0. The maximum absolute atomic E-state index is 12.9. The summed E-state index contributed by atoms with van der Waals surface area (Å²) < 4.78 is 5.75. The van der Waals surface area contributed by atoms with E-state index in [4.69, 9.17) is 4.74 Å². The zero-order chi connectivity index (χ0) is 22.8. The fraction of sp³-hybridized carbons (Fsp3) is 0.913. The number of rotatable bonds is 6. The molecule has 3 aliphatic rings. The van der Waals surface area contributed by atoms with Gasteiger partial charge in [-0.2, -0.15) is 0 Å². The molecule has 2 amide bonds. The van der Waals surface area contributed by atoms with Crippen LogP contribution in [-0.4, -0.2) is 76.8 Å². The van der Waals surface area contributed by atoms with Crippen LogP contribution in [0.5, 0.6) is 0 Å². The number of hydrogen-bond acceptors (Lipinski definition) is 6. The number of nitrogens with one attached hydrogen (secondary N) is 1. The maximum Gasteiger partial charge on any atom is 0.407 e. The molecule has 1 saturated heterocycles. The van der Waals surface area contributed by atoms with E-state index < -0.39 is 29.8 Å². The van der Waals surface area contributed by atoms with Crippen molar-refractivity contribution < 1.29 is 29.6 Å². The van der Waals surface area contributed by atoms with Crippen LogP contribution in [0, 0.1) is 22.7 Å². The molecule has 0 bridgehead atoms. The fourth-order valence-electron chi connectivity index (χ4n) is 6.46. The number of ether oxygens (including phenoxy) is 1. The van der Waals surface area contributed by atoms with Crippen LogP contribution in [0.2, 0.25) is 0 Å². The van der Waals surface area contributed by atoms with E-state index in [1.54, 1.807) is 4.90 Å². The van der Waals surface area contributed by atoms with Crippen LogP contribution >= 0.6 is 0 Å². The number of likely N-dealkylation sites (tertiary alicyclic amines) is 1. The molecule has 0 aromatic rings. The molecule has 0 aromatic carbocycles. The predicted molar refractivity (Wildman–Crippen MR) is 115 cm³/mol. The monoisotopic (exact) mass is 440 g/mol. The van der Waals surface area contributed by atoms with Crippen molar-refractivity contribution in [1.29, 1.82) is 0 Å². The molecule has 7 unspecified atom stereocenters. The van der Waals surface area contributed by atoms with Crippen molar-refractivity contribution in [3.63, 3.8) is 0 Å². The number of carbonyl (C=O) groups is 2. The number of hydrogen-bond donors (Lipinski definition) is 4. The topological polar surface area (TPSA) is 119 Å². The van der Waals surface area contributed by atoms with Gasteiger partial charge in [-0.3, -0.25) is 4.79 Å². The van der Waals surface area contributed by atoms with E-state index in [2.05, 4.69) is 12.2 Å². The summed E-state index contributed by atoms with van der Waals surface area (Å²) in [6.45, 7) is 7.41. The third kappa shape index (κ3) is 4.71. The van der Waals surface area contributed by atoms with Crippen molar-refractivity contribution >= 4 is 12.0 Å². The lowest BCUT2D eigenvalue weighted by atomic mass is 9.46. The van der Waals surface area contributed by atoms with Crippen molar-refractivity contribution in [2.45, 2.75) is 84.0 Å². The molecule has 3 fully saturated rings. The smallest absolute Gasteiger partial charge is 0.407 e. The first kappa shape index (κ1) is 24.3. The van der Waals surface area contributed by atoms with Crippen molar-refractivity contribution in [3.05, 3.63) is 0 Å². The van der Waals surface area contributed by atoms with Crippen molar-refractivity contribution in [2.24, 2.45) is 22.7 Å². The number of carbonyl (C=O) groups excluding carboxylic acids is 2. The van der Waals surface area contributed by atoms with Crippen LogP contribution < -0.4 is 5.32 Å². The largest absolute Gasteiger partial charge is 0.446 e. The normalized spacial score (nSPS) is 40.3. The summed E-state index contributed by atoms with van der Waals surface area (Å²) in [5, 5.41) is 33.8. The minimum Gasteiger partial charge on any atom is -0.446 e. The number of aliphatic hydroxyl groups is 3. The Balaban J connectivity index is 1.77. The second kappa shape index (κ2) is 9.63. The van der Waals surface area contributed by atoms with Gasteiger partial charge in [0.05, 0.1) is 18.8 Å². The summed E-state index contributed by atoms with van der Waals surface area (Å²) in [4.78, 5) is 26.9. The molecule has 8 nitrogen and oxygen atoms in total. The fourth-order valence-corrected chi connectivity index (χ4v) is 6.46. The maximum atomic E-state index is 12.9. The Morgan fingerprint density at radius 2 is 1.90 bits per heavy atom. The molecule has 7 atom stereocenters. The average Bonchev–Trinajstić information content (AvgIpc) is 3.17. The first-order valence-corrected chi connectivity index (χ1v) is 11.8. The van der Waals surface area contributed by atoms with Gasteiger partial charge in [0.2, 0.25) is 5.91 Å². The first-order valence-electron chi connectivity index (χ1n) is 11.8. The highest BCUT2D eigenvalue weighted by Gasteiger charge is 2.60. The van der Waals surface area contributed by atoms with E-state index in [-0.39, 0.29) is 36.2 Å². The van der Waals surface area contributed by atoms with Crippen LogP contribution in [0.25, 0.3) is 0 Å². The van der Waals surface area contributed by atoms with Gasteiger partial charge in [-0.25, -0.2) is 4.79 Å². The van der Waals surface area contributed by atoms with Crippen LogP contribution in [0.1, 0.15) is 65.7 Å². The van der Waals surface area contributed by atoms with Crippen LogP contribution in [0.3, 0.4) is 0 Å². The molecule has 2 aliphatic carbocycles. The molecular weight excluding hydrogens is 400 g/mol. The van der Waals surface area contributed by atoms with Crippen molar-refractivity contribution in [2.75, 3.05) is 26.2 Å². The average molecular weight is 441 g/mol. The summed E-state index contributed by atoms with van der Waals surface area (Å²) in [7, 11) is 0. The molecular formula is C23H40N2O6. The molecule has 8 heteroatoms. The Bertz CT molecular complexity index is 660. The van der Waals surface area contributed by atoms with Gasteiger partial charge in [-0.1, -0.05) is 20.8 Å². The van der Waals surface area contributed by atoms with Gasteiger partial charge in [0, 0.05) is 31.5 Å². The SMILES string of the molecule is CCCNC(=O)OC1CCC2(C)C(CC(=O)N3CCC(O)C3)C(O)CCC2C1(C)CO. The number of aliphatic hydroxyl groups excluding tert-OH is 3. The third-order valence-corrected chi connectivity index (χ3v) is 8.36. The number of nitrogens with zero attached hydrogens (tertiary/aromatic N) is 1. The lowest BCUT2D eigenvalue weighted by Crippen LogP contribution is -2.61. The molecule has 0 radical (unpaired) electrons. The minimum absolute atomic E-state index is 0.0214. The molecule has 4 N–H and O–H groups in total. The van der Waals surface area contributed by atoms with Gasteiger partial charge < -0.3 is 30.3 Å². The van der Waals surface area contributed by atoms with Gasteiger partial charge in [0.15, 0.2) is 0 Å². The molecule has 0 aromatic heterocycles. The number of amides is 2. The lowest BCUT2D eigenvalue weighted by Gasteiger charge is -2.60.